The molecule has 2 aromatic rings. The Morgan fingerprint density at radius 1 is 1.55 bits per heavy atom. The maximum absolute atomic E-state index is 12.2. The molecule has 56 valence electrons. The predicted octanol–water partition coefficient (Wildman–Crippen LogP) is 2.03. The van der Waals surface area contributed by atoms with Crippen LogP contribution in [0.15, 0.2) is 24.5 Å². The molecule has 1 N–H and O–H groups in total. The maximum Gasteiger partial charge on any atom is 0.137 e. The van der Waals surface area contributed by atoms with Crippen molar-refractivity contribution in [3.05, 3.63) is 30.1 Å². The Kier molecular flexibility index (Phi) is 1.35. The minimum absolute atomic E-state index is 0.439. The molecule has 0 radical (unpaired) electrons. The first-order valence-electron chi connectivity index (χ1n) is 3.39. The number of H-pyrrole nitrogens is 1. The van der Waals surface area contributed by atoms with E-state index in [0.717, 1.165) is 11.0 Å². The van der Waals surface area contributed by atoms with Crippen molar-refractivity contribution in [3.8, 4) is 0 Å². The van der Waals surface area contributed by atoms with Gasteiger partial charge in [0.2, 0.25) is 0 Å². The summed E-state index contributed by atoms with van der Waals surface area (Å²) >= 11 is 0. The standard InChI is InChI=1S/C8H7FN2/c9-4-6-5-11-8-7(6)2-1-3-10-8/h1-3,5H,4H2,(H,10,11). The summed E-state index contributed by atoms with van der Waals surface area (Å²) in [6.45, 7) is -0.439. The number of hydrogen-bond acceptors (Lipinski definition) is 1. The normalized spacial score (nSPS) is 10.6. The second kappa shape index (κ2) is 2.34. The van der Waals surface area contributed by atoms with E-state index in [1.54, 1.807) is 18.5 Å². The molecule has 2 heterocycles. The van der Waals surface area contributed by atoms with E-state index in [-0.39, 0.29) is 0 Å². The summed E-state index contributed by atoms with van der Waals surface area (Å²) in [6, 6.07) is 3.66. The zero-order chi connectivity index (χ0) is 7.68. The van der Waals surface area contributed by atoms with Gasteiger partial charge in [0.25, 0.3) is 0 Å². The highest BCUT2D eigenvalue weighted by Gasteiger charge is 2.01. The van der Waals surface area contributed by atoms with Crippen molar-refractivity contribution >= 4 is 11.0 Å². The molecule has 0 unspecified atom stereocenters. The summed E-state index contributed by atoms with van der Waals surface area (Å²) in [4.78, 5) is 6.92. The van der Waals surface area contributed by atoms with Crippen molar-refractivity contribution in [1.29, 1.82) is 0 Å². The zero-order valence-corrected chi connectivity index (χ0v) is 5.84. The Labute approximate surface area is 63.1 Å². The van der Waals surface area contributed by atoms with Gasteiger partial charge in [0.05, 0.1) is 0 Å². The van der Waals surface area contributed by atoms with Gasteiger partial charge in [0, 0.05) is 23.3 Å². The number of nitrogens with one attached hydrogen (secondary N) is 1. The van der Waals surface area contributed by atoms with Gasteiger partial charge in [-0.2, -0.15) is 0 Å². The maximum atomic E-state index is 12.2. The Bertz CT molecular complexity index is 367. The number of nitrogens with zero attached hydrogens (tertiary/aromatic N) is 1. The third-order valence-corrected chi connectivity index (χ3v) is 1.68. The van der Waals surface area contributed by atoms with Gasteiger partial charge in [0.15, 0.2) is 0 Å². The Balaban J connectivity index is 2.76. The molecule has 0 atom stereocenters. The summed E-state index contributed by atoms with van der Waals surface area (Å²) in [5.41, 5.74) is 1.42. The molecule has 2 aromatic heterocycles. The van der Waals surface area contributed by atoms with Crippen LogP contribution in [0.4, 0.5) is 4.39 Å². The molecule has 2 rings (SSSR count). The van der Waals surface area contributed by atoms with Crippen LogP contribution in [0.3, 0.4) is 0 Å². The molecule has 2 nitrogen and oxygen atoms in total. The van der Waals surface area contributed by atoms with Crippen LogP contribution in [0.25, 0.3) is 11.0 Å². The van der Waals surface area contributed by atoms with Crippen molar-refractivity contribution < 1.29 is 4.39 Å². The topological polar surface area (TPSA) is 28.7 Å². The molecule has 0 aliphatic carbocycles. The molecule has 0 aliphatic rings. The lowest BCUT2D eigenvalue weighted by Gasteiger charge is -1.88. The highest BCUT2D eigenvalue weighted by molar-refractivity contribution is 5.79. The fourth-order valence-corrected chi connectivity index (χ4v) is 1.12. The lowest BCUT2D eigenvalue weighted by Crippen LogP contribution is -1.74. The largest absolute Gasteiger partial charge is 0.346 e. The first-order chi connectivity index (χ1) is 5.42. The van der Waals surface area contributed by atoms with Crippen LogP contribution in [0.2, 0.25) is 0 Å². The predicted molar refractivity (Wildman–Crippen MR) is 40.9 cm³/mol. The fraction of sp³-hybridized carbons (Fsp3) is 0.125. The molecule has 0 aromatic carbocycles. The second-order valence-corrected chi connectivity index (χ2v) is 2.35. The number of aromatic amines is 1. The summed E-state index contributed by atoms with van der Waals surface area (Å²) in [6.07, 6.45) is 3.33. The summed E-state index contributed by atoms with van der Waals surface area (Å²) in [5.74, 6) is 0. The molecule has 0 spiro atoms. The molecule has 0 fully saturated rings. The van der Waals surface area contributed by atoms with E-state index in [1.807, 2.05) is 6.07 Å². The van der Waals surface area contributed by atoms with Crippen LogP contribution < -0.4 is 0 Å². The van der Waals surface area contributed by atoms with Crippen molar-refractivity contribution in [3.63, 3.8) is 0 Å². The molecule has 0 aliphatic heterocycles. The van der Waals surface area contributed by atoms with Gasteiger partial charge in [-0.05, 0) is 12.1 Å². The minimum Gasteiger partial charge on any atom is -0.346 e. The fourth-order valence-electron chi connectivity index (χ4n) is 1.12. The van der Waals surface area contributed by atoms with E-state index >= 15 is 0 Å². The lowest BCUT2D eigenvalue weighted by atomic mass is 10.2. The minimum atomic E-state index is -0.439. The van der Waals surface area contributed by atoms with E-state index < -0.39 is 6.67 Å². The molecule has 0 bridgehead atoms. The van der Waals surface area contributed by atoms with E-state index in [4.69, 9.17) is 0 Å². The first kappa shape index (κ1) is 6.34. The van der Waals surface area contributed by atoms with Crippen molar-refractivity contribution in [1.82, 2.24) is 9.97 Å². The summed E-state index contributed by atoms with van der Waals surface area (Å²) in [7, 11) is 0. The average Bonchev–Trinajstić information content (AvgIpc) is 2.47. The molecule has 0 amide bonds. The molecular weight excluding hydrogens is 143 g/mol. The summed E-state index contributed by atoms with van der Waals surface area (Å²) in [5, 5.41) is 0.870. The Hall–Kier alpha value is -1.38. The lowest BCUT2D eigenvalue weighted by molar-refractivity contribution is 0.488. The van der Waals surface area contributed by atoms with Crippen LogP contribution in [0.5, 0.6) is 0 Å². The average molecular weight is 150 g/mol. The number of alkyl halides is 1. The number of hydrogen-bond donors (Lipinski definition) is 1. The van der Waals surface area contributed by atoms with Crippen LogP contribution in [-0.2, 0) is 6.67 Å². The van der Waals surface area contributed by atoms with E-state index in [2.05, 4.69) is 9.97 Å². The second-order valence-electron chi connectivity index (χ2n) is 2.35. The van der Waals surface area contributed by atoms with Crippen molar-refractivity contribution in [2.24, 2.45) is 0 Å². The Morgan fingerprint density at radius 3 is 3.27 bits per heavy atom. The number of rotatable bonds is 1. The van der Waals surface area contributed by atoms with Crippen molar-refractivity contribution in [2.75, 3.05) is 0 Å². The number of pyridine rings is 1. The quantitative estimate of drug-likeness (QED) is 0.662. The van der Waals surface area contributed by atoms with Crippen LogP contribution >= 0.6 is 0 Å². The molecule has 11 heavy (non-hydrogen) atoms. The van der Waals surface area contributed by atoms with E-state index in [0.29, 0.717) is 5.56 Å². The van der Waals surface area contributed by atoms with Gasteiger partial charge in [-0.25, -0.2) is 9.37 Å². The molecule has 0 saturated heterocycles. The first-order valence-corrected chi connectivity index (χ1v) is 3.39. The zero-order valence-electron chi connectivity index (χ0n) is 5.84. The Morgan fingerprint density at radius 2 is 2.45 bits per heavy atom. The van der Waals surface area contributed by atoms with Crippen molar-refractivity contribution in [2.45, 2.75) is 6.67 Å². The summed E-state index contributed by atoms with van der Waals surface area (Å²) < 4.78 is 12.2. The van der Waals surface area contributed by atoms with E-state index in [1.165, 1.54) is 0 Å². The molecular formula is C8H7FN2. The van der Waals surface area contributed by atoms with Gasteiger partial charge in [-0.3, -0.25) is 0 Å². The third kappa shape index (κ3) is 0.888. The van der Waals surface area contributed by atoms with Gasteiger partial charge >= 0.3 is 0 Å². The SMILES string of the molecule is FCc1c[nH]c2ncccc12. The number of aromatic nitrogens is 2. The third-order valence-electron chi connectivity index (χ3n) is 1.68. The van der Waals surface area contributed by atoms with Gasteiger partial charge in [0.1, 0.15) is 12.3 Å². The van der Waals surface area contributed by atoms with Crippen LogP contribution in [0, 0.1) is 0 Å². The molecule has 0 saturated carbocycles. The monoisotopic (exact) mass is 150 g/mol. The number of halogens is 1. The highest BCUT2D eigenvalue weighted by Crippen LogP contribution is 2.15. The van der Waals surface area contributed by atoms with Gasteiger partial charge in [-0.15, -0.1) is 0 Å². The number of fused-ring (bicyclic) bond motifs is 1. The van der Waals surface area contributed by atoms with Gasteiger partial charge < -0.3 is 4.98 Å². The molecule has 3 heteroatoms. The van der Waals surface area contributed by atoms with Gasteiger partial charge in [-0.1, -0.05) is 0 Å². The van der Waals surface area contributed by atoms with Crippen LogP contribution in [0.1, 0.15) is 5.56 Å². The smallest absolute Gasteiger partial charge is 0.137 e. The van der Waals surface area contributed by atoms with E-state index in [9.17, 15) is 4.39 Å². The van der Waals surface area contributed by atoms with Crippen LogP contribution in [-0.4, -0.2) is 9.97 Å². The highest BCUT2D eigenvalue weighted by atomic mass is 19.1.